The quantitative estimate of drug-likeness (QED) is 0.768. The van der Waals surface area contributed by atoms with Gasteiger partial charge in [0.2, 0.25) is 12.7 Å². The predicted octanol–water partition coefficient (Wildman–Crippen LogP) is 0.206. The number of carbonyl (C=O) groups is 2. The monoisotopic (exact) mass is 279 g/mol. The minimum atomic E-state index is -0.313. The van der Waals surface area contributed by atoms with Gasteiger partial charge in [-0.2, -0.15) is 0 Å². The standard InChI is InChI=1S/C13H17N3O4/c1-3-16(6-12(17)15-2)13(18)8-4-10-11(5-9(8)14)20-7-19-10/h4-5H,3,6-7,14H2,1-2H3,(H,15,17). The Kier molecular flexibility index (Phi) is 3.97. The van der Waals surface area contributed by atoms with Gasteiger partial charge in [0.25, 0.3) is 5.91 Å². The molecule has 1 aromatic rings. The first-order valence-electron chi connectivity index (χ1n) is 6.25. The molecular formula is C13H17N3O4. The van der Waals surface area contributed by atoms with Crippen molar-refractivity contribution < 1.29 is 19.1 Å². The summed E-state index contributed by atoms with van der Waals surface area (Å²) in [5.41, 5.74) is 6.47. The molecule has 0 saturated heterocycles. The van der Waals surface area contributed by atoms with Crippen LogP contribution in [0.2, 0.25) is 0 Å². The van der Waals surface area contributed by atoms with Crippen LogP contribution < -0.4 is 20.5 Å². The summed E-state index contributed by atoms with van der Waals surface area (Å²) in [6, 6.07) is 3.11. The molecular weight excluding hydrogens is 262 g/mol. The highest BCUT2D eigenvalue weighted by molar-refractivity contribution is 6.01. The molecule has 7 nitrogen and oxygen atoms in total. The molecule has 0 aromatic heterocycles. The van der Waals surface area contributed by atoms with Crippen LogP contribution in [-0.2, 0) is 4.79 Å². The lowest BCUT2D eigenvalue weighted by Crippen LogP contribution is -2.39. The molecule has 1 aliphatic heterocycles. The first kappa shape index (κ1) is 14.0. The third-order valence-electron chi connectivity index (χ3n) is 3.06. The zero-order valence-electron chi connectivity index (χ0n) is 11.4. The third-order valence-corrected chi connectivity index (χ3v) is 3.06. The number of nitrogens with zero attached hydrogens (tertiary/aromatic N) is 1. The molecule has 3 N–H and O–H groups in total. The van der Waals surface area contributed by atoms with E-state index in [2.05, 4.69) is 5.32 Å². The van der Waals surface area contributed by atoms with E-state index in [0.717, 1.165) is 0 Å². The van der Waals surface area contributed by atoms with Gasteiger partial charge >= 0.3 is 0 Å². The number of likely N-dealkylation sites (N-methyl/N-ethyl adjacent to an activating group) is 2. The van der Waals surface area contributed by atoms with Crippen LogP contribution in [0.5, 0.6) is 11.5 Å². The summed E-state index contributed by atoms with van der Waals surface area (Å²) in [6.45, 7) is 2.30. The largest absolute Gasteiger partial charge is 0.454 e. The zero-order valence-corrected chi connectivity index (χ0v) is 11.4. The molecule has 1 aromatic carbocycles. The van der Waals surface area contributed by atoms with Gasteiger partial charge in [0.05, 0.1) is 12.1 Å². The van der Waals surface area contributed by atoms with Gasteiger partial charge in [-0.15, -0.1) is 0 Å². The fourth-order valence-electron chi connectivity index (χ4n) is 1.89. The lowest BCUT2D eigenvalue weighted by atomic mass is 10.1. The Hall–Kier alpha value is -2.44. The number of anilines is 1. The van der Waals surface area contributed by atoms with Crippen LogP contribution in [0.25, 0.3) is 0 Å². The smallest absolute Gasteiger partial charge is 0.256 e. The lowest BCUT2D eigenvalue weighted by molar-refractivity contribution is -0.121. The van der Waals surface area contributed by atoms with E-state index in [0.29, 0.717) is 29.3 Å². The zero-order chi connectivity index (χ0) is 14.7. The Morgan fingerprint density at radius 2 is 2.00 bits per heavy atom. The number of ether oxygens (including phenoxy) is 2. The number of nitrogen functional groups attached to an aromatic ring is 1. The van der Waals surface area contributed by atoms with Crippen molar-refractivity contribution in [3.63, 3.8) is 0 Å². The van der Waals surface area contributed by atoms with Crippen molar-refractivity contribution in [2.75, 3.05) is 32.7 Å². The SMILES string of the molecule is CCN(CC(=O)NC)C(=O)c1cc2c(cc1N)OCO2. The Balaban J connectivity index is 2.25. The van der Waals surface area contributed by atoms with Crippen LogP contribution in [0.1, 0.15) is 17.3 Å². The summed E-state index contributed by atoms with van der Waals surface area (Å²) in [5.74, 6) is 0.457. The molecule has 0 atom stereocenters. The van der Waals surface area contributed by atoms with Crippen LogP contribution in [0.4, 0.5) is 5.69 Å². The highest BCUT2D eigenvalue weighted by Gasteiger charge is 2.23. The van der Waals surface area contributed by atoms with Crippen LogP contribution >= 0.6 is 0 Å². The summed E-state index contributed by atoms with van der Waals surface area (Å²) < 4.78 is 10.4. The number of amides is 2. The fraction of sp³-hybridized carbons (Fsp3) is 0.385. The van der Waals surface area contributed by atoms with Crippen molar-refractivity contribution in [2.24, 2.45) is 0 Å². The molecule has 7 heteroatoms. The molecule has 0 bridgehead atoms. The van der Waals surface area contributed by atoms with Crippen LogP contribution in [0, 0.1) is 0 Å². The molecule has 0 radical (unpaired) electrons. The van der Waals surface area contributed by atoms with Crippen molar-refractivity contribution in [2.45, 2.75) is 6.92 Å². The van der Waals surface area contributed by atoms with Gasteiger partial charge in [-0.1, -0.05) is 0 Å². The second-order valence-electron chi connectivity index (χ2n) is 4.29. The minimum absolute atomic E-state index is 0.0142. The molecule has 1 heterocycles. The molecule has 1 aliphatic rings. The van der Waals surface area contributed by atoms with E-state index in [-0.39, 0.29) is 25.2 Å². The van der Waals surface area contributed by atoms with E-state index < -0.39 is 0 Å². The van der Waals surface area contributed by atoms with Gasteiger partial charge in [0.15, 0.2) is 11.5 Å². The van der Waals surface area contributed by atoms with Crippen molar-refractivity contribution in [3.05, 3.63) is 17.7 Å². The molecule has 2 rings (SSSR count). The summed E-state index contributed by atoms with van der Waals surface area (Å²) in [7, 11) is 1.52. The number of hydrogen-bond acceptors (Lipinski definition) is 5. The fourth-order valence-corrected chi connectivity index (χ4v) is 1.89. The molecule has 0 aliphatic carbocycles. The topological polar surface area (TPSA) is 93.9 Å². The molecule has 0 saturated carbocycles. The number of nitrogens with two attached hydrogens (primary N) is 1. The van der Waals surface area contributed by atoms with Crippen molar-refractivity contribution in [3.8, 4) is 11.5 Å². The Morgan fingerprint density at radius 1 is 1.35 bits per heavy atom. The van der Waals surface area contributed by atoms with Gasteiger partial charge in [-0.3, -0.25) is 9.59 Å². The third kappa shape index (κ3) is 2.61. The van der Waals surface area contributed by atoms with Crippen LogP contribution in [0.15, 0.2) is 12.1 Å². The van der Waals surface area contributed by atoms with E-state index >= 15 is 0 Å². The Labute approximate surface area is 116 Å². The van der Waals surface area contributed by atoms with E-state index in [1.54, 1.807) is 19.1 Å². The van der Waals surface area contributed by atoms with Crippen LogP contribution in [-0.4, -0.2) is 43.6 Å². The molecule has 0 unspecified atom stereocenters. The van der Waals surface area contributed by atoms with E-state index in [1.807, 2.05) is 0 Å². The van der Waals surface area contributed by atoms with E-state index in [1.165, 1.54) is 11.9 Å². The molecule has 108 valence electrons. The highest BCUT2D eigenvalue weighted by atomic mass is 16.7. The molecule has 20 heavy (non-hydrogen) atoms. The van der Waals surface area contributed by atoms with E-state index in [9.17, 15) is 9.59 Å². The maximum atomic E-state index is 12.4. The summed E-state index contributed by atoms with van der Waals surface area (Å²) >= 11 is 0. The number of carbonyl (C=O) groups excluding carboxylic acids is 2. The Bertz CT molecular complexity index is 545. The van der Waals surface area contributed by atoms with Gasteiger partial charge in [0.1, 0.15) is 0 Å². The molecule has 0 spiro atoms. The number of benzene rings is 1. The first-order chi connectivity index (χ1) is 9.56. The van der Waals surface area contributed by atoms with Gasteiger partial charge < -0.3 is 25.4 Å². The highest BCUT2D eigenvalue weighted by Crippen LogP contribution is 2.36. The predicted molar refractivity (Wildman–Crippen MR) is 72.6 cm³/mol. The van der Waals surface area contributed by atoms with Gasteiger partial charge in [0, 0.05) is 25.3 Å². The molecule has 0 fully saturated rings. The molecule has 2 amide bonds. The minimum Gasteiger partial charge on any atom is -0.454 e. The van der Waals surface area contributed by atoms with Crippen molar-refractivity contribution in [1.82, 2.24) is 10.2 Å². The maximum Gasteiger partial charge on any atom is 0.256 e. The number of nitrogens with one attached hydrogen (secondary N) is 1. The number of hydrogen-bond donors (Lipinski definition) is 2. The average molecular weight is 279 g/mol. The summed E-state index contributed by atoms with van der Waals surface area (Å²) in [4.78, 5) is 25.2. The second kappa shape index (κ2) is 5.68. The lowest BCUT2D eigenvalue weighted by Gasteiger charge is -2.20. The van der Waals surface area contributed by atoms with Crippen molar-refractivity contribution >= 4 is 17.5 Å². The number of rotatable bonds is 4. The van der Waals surface area contributed by atoms with Gasteiger partial charge in [-0.25, -0.2) is 0 Å². The number of fused-ring (bicyclic) bond motifs is 1. The van der Waals surface area contributed by atoms with Crippen molar-refractivity contribution in [1.29, 1.82) is 0 Å². The summed E-state index contributed by atoms with van der Waals surface area (Å²) in [5, 5.41) is 2.48. The Morgan fingerprint density at radius 3 is 2.60 bits per heavy atom. The second-order valence-corrected chi connectivity index (χ2v) is 4.29. The average Bonchev–Trinajstić information content (AvgIpc) is 2.89. The first-order valence-corrected chi connectivity index (χ1v) is 6.25. The van der Waals surface area contributed by atoms with Gasteiger partial charge in [-0.05, 0) is 13.0 Å². The van der Waals surface area contributed by atoms with Crippen LogP contribution in [0.3, 0.4) is 0 Å². The summed E-state index contributed by atoms with van der Waals surface area (Å²) in [6.07, 6.45) is 0. The van der Waals surface area contributed by atoms with E-state index in [4.69, 9.17) is 15.2 Å². The maximum absolute atomic E-state index is 12.4. The normalized spacial score (nSPS) is 12.1.